The Balaban J connectivity index is 1.41. The molecule has 2 fully saturated rings. The van der Waals surface area contributed by atoms with Gasteiger partial charge in [-0.05, 0) is 72.3 Å². The highest BCUT2D eigenvalue weighted by atomic mass is 15.1. The first-order valence-electron chi connectivity index (χ1n) is 10.4. The number of aromatic nitrogens is 2. The van der Waals surface area contributed by atoms with E-state index in [1.165, 1.54) is 52.5 Å². The van der Waals surface area contributed by atoms with Gasteiger partial charge in [0, 0.05) is 22.2 Å². The molecule has 2 bridgehead atoms. The molecular formula is C23H23N5. The first kappa shape index (κ1) is 15.1. The number of H-pyrrole nitrogens is 1. The summed E-state index contributed by atoms with van der Waals surface area (Å²) in [6.45, 7) is 0.719. The van der Waals surface area contributed by atoms with Gasteiger partial charge in [-0.25, -0.2) is 0 Å². The summed E-state index contributed by atoms with van der Waals surface area (Å²) in [5.41, 5.74) is 13.9. The molecule has 4 aliphatic rings. The highest BCUT2D eigenvalue weighted by molar-refractivity contribution is 6.01. The van der Waals surface area contributed by atoms with Crippen molar-refractivity contribution in [3.8, 4) is 0 Å². The maximum absolute atomic E-state index is 6.16. The van der Waals surface area contributed by atoms with E-state index in [4.69, 9.17) is 5.73 Å². The van der Waals surface area contributed by atoms with Gasteiger partial charge in [0.15, 0.2) is 0 Å². The van der Waals surface area contributed by atoms with Crippen LogP contribution in [0.2, 0.25) is 0 Å². The number of hydrogen-bond acceptors (Lipinski definition) is 4. The Hall–Kier alpha value is -2.82. The molecule has 4 N–H and O–H groups in total. The van der Waals surface area contributed by atoms with Crippen LogP contribution in [0.3, 0.4) is 0 Å². The van der Waals surface area contributed by atoms with Crippen molar-refractivity contribution >= 4 is 22.4 Å². The monoisotopic (exact) mass is 369 g/mol. The minimum Gasteiger partial charge on any atom is -0.383 e. The van der Waals surface area contributed by atoms with E-state index in [0.717, 1.165) is 23.9 Å². The summed E-state index contributed by atoms with van der Waals surface area (Å²) in [5.74, 6) is 3.55. The Bertz CT molecular complexity index is 1160. The Kier molecular flexibility index (Phi) is 2.79. The smallest absolute Gasteiger partial charge is 0.126 e. The van der Waals surface area contributed by atoms with Gasteiger partial charge >= 0.3 is 0 Å². The van der Waals surface area contributed by atoms with Crippen LogP contribution in [0.15, 0.2) is 41.5 Å². The molecule has 7 rings (SSSR count). The van der Waals surface area contributed by atoms with Crippen molar-refractivity contribution in [2.75, 3.05) is 5.32 Å². The van der Waals surface area contributed by atoms with Gasteiger partial charge in [-0.3, -0.25) is 10.1 Å². The van der Waals surface area contributed by atoms with Crippen molar-refractivity contribution in [1.82, 2.24) is 10.2 Å². The average Bonchev–Trinajstić information content (AvgIpc) is 3.51. The lowest BCUT2D eigenvalue weighted by Gasteiger charge is -2.43. The third kappa shape index (κ3) is 1.82. The summed E-state index contributed by atoms with van der Waals surface area (Å²) in [7, 11) is 0. The molecule has 0 amide bonds. The van der Waals surface area contributed by atoms with Crippen molar-refractivity contribution < 1.29 is 0 Å². The molecule has 2 aromatic carbocycles. The highest BCUT2D eigenvalue weighted by Crippen LogP contribution is 2.64. The zero-order valence-corrected chi connectivity index (χ0v) is 15.7. The molecule has 0 radical (unpaired) electrons. The molecule has 0 unspecified atom stereocenters. The van der Waals surface area contributed by atoms with E-state index < -0.39 is 0 Å². The molecule has 5 heteroatoms. The lowest BCUT2D eigenvalue weighted by atomic mass is 9.67. The SMILES string of the molecule is NC1=NCc2ccc([C@@H]3Nc4ccc5cn[nH]c5c4[C@H]4[C@@H]5CC[C@@H](C5)[C@H]43)cc21. The zero-order chi connectivity index (χ0) is 18.4. The molecule has 0 saturated heterocycles. The molecule has 0 spiro atoms. The molecule has 5 atom stereocenters. The number of amidine groups is 1. The van der Waals surface area contributed by atoms with Crippen LogP contribution >= 0.6 is 0 Å². The van der Waals surface area contributed by atoms with E-state index in [1.807, 2.05) is 6.20 Å². The van der Waals surface area contributed by atoms with Gasteiger partial charge in [0.05, 0.1) is 24.3 Å². The minimum atomic E-state index is 0.340. The molecule has 28 heavy (non-hydrogen) atoms. The molecule has 2 aliphatic carbocycles. The number of anilines is 1. The summed E-state index contributed by atoms with van der Waals surface area (Å²) in [4.78, 5) is 4.42. The summed E-state index contributed by atoms with van der Waals surface area (Å²) < 4.78 is 0. The third-order valence-electron chi connectivity index (χ3n) is 7.86. The molecule has 2 aliphatic heterocycles. The van der Waals surface area contributed by atoms with Crippen molar-refractivity contribution in [2.24, 2.45) is 28.5 Å². The first-order chi connectivity index (χ1) is 13.8. The van der Waals surface area contributed by atoms with E-state index >= 15 is 0 Å². The predicted octanol–water partition coefficient (Wildman–Crippen LogP) is 4.08. The maximum atomic E-state index is 6.16. The molecule has 2 saturated carbocycles. The van der Waals surface area contributed by atoms with Crippen LogP contribution in [-0.4, -0.2) is 16.0 Å². The predicted molar refractivity (Wildman–Crippen MR) is 110 cm³/mol. The fourth-order valence-electron chi connectivity index (χ4n) is 6.74. The summed E-state index contributed by atoms with van der Waals surface area (Å²) in [5, 5.41) is 12.8. The largest absolute Gasteiger partial charge is 0.383 e. The fourth-order valence-corrected chi connectivity index (χ4v) is 6.74. The topological polar surface area (TPSA) is 79.1 Å². The molecule has 3 heterocycles. The van der Waals surface area contributed by atoms with Gasteiger partial charge in [0.2, 0.25) is 0 Å². The van der Waals surface area contributed by atoms with Crippen LogP contribution in [0.1, 0.15) is 53.5 Å². The molecular weight excluding hydrogens is 346 g/mol. The molecule has 5 nitrogen and oxygen atoms in total. The number of aliphatic imine (C=N–C) groups is 1. The second-order valence-corrected chi connectivity index (χ2v) is 9.04. The van der Waals surface area contributed by atoms with Crippen molar-refractivity contribution in [1.29, 1.82) is 0 Å². The van der Waals surface area contributed by atoms with Gasteiger partial charge in [-0.15, -0.1) is 0 Å². The molecule has 1 aromatic heterocycles. The van der Waals surface area contributed by atoms with Gasteiger partial charge in [-0.2, -0.15) is 5.10 Å². The number of fused-ring (bicyclic) bond motifs is 10. The van der Waals surface area contributed by atoms with E-state index in [2.05, 4.69) is 50.8 Å². The summed E-state index contributed by atoms with van der Waals surface area (Å²) in [6.07, 6.45) is 6.05. The summed E-state index contributed by atoms with van der Waals surface area (Å²) in [6, 6.07) is 11.6. The van der Waals surface area contributed by atoms with E-state index in [9.17, 15) is 0 Å². The maximum Gasteiger partial charge on any atom is 0.126 e. The number of nitrogens with two attached hydrogens (primary N) is 1. The number of nitrogens with one attached hydrogen (secondary N) is 2. The van der Waals surface area contributed by atoms with E-state index in [-0.39, 0.29) is 0 Å². The van der Waals surface area contributed by atoms with Crippen molar-refractivity contribution in [3.63, 3.8) is 0 Å². The molecule has 3 aromatic rings. The Morgan fingerprint density at radius 1 is 1.07 bits per heavy atom. The van der Waals surface area contributed by atoms with Gasteiger partial charge in [0.1, 0.15) is 5.84 Å². The minimum absolute atomic E-state index is 0.340. The van der Waals surface area contributed by atoms with Crippen LogP contribution < -0.4 is 11.1 Å². The second kappa shape index (κ2) is 5.16. The first-order valence-corrected chi connectivity index (χ1v) is 10.4. The number of benzene rings is 2. The lowest BCUT2D eigenvalue weighted by Crippen LogP contribution is -2.35. The normalized spacial score (nSPS) is 32.0. The van der Waals surface area contributed by atoms with Crippen LogP contribution in [0, 0.1) is 17.8 Å². The summed E-state index contributed by atoms with van der Waals surface area (Å²) >= 11 is 0. The Morgan fingerprint density at radius 2 is 2.00 bits per heavy atom. The standard InChI is InChI=1S/C23H23N5/c24-23-16-8-13(3-4-14(16)9-25-23)21-19-12-2-1-11(7-12)18(19)20-17(27-21)6-5-15-10-26-28-22(15)20/h3-6,8,10-12,18-19,21,27H,1-2,7,9H2,(H2,24,25)(H,26,28)/t11-,12+,18+,19-,21+/m1/s1. The van der Waals surface area contributed by atoms with Crippen molar-refractivity contribution in [3.05, 3.63) is 58.8 Å². The number of aromatic amines is 1. The van der Waals surface area contributed by atoms with Gasteiger partial charge < -0.3 is 11.1 Å². The van der Waals surface area contributed by atoms with E-state index in [1.54, 1.807) is 0 Å². The third-order valence-corrected chi connectivity index (χ3v) is 7.86. The zero-order valence-electron chi connectivity index (χ0n) is 15.7. The Labute approximate surface area is 163 Å². The average molecular weight is 369 g/mol. The van der Waals surface area contributed by atoms with Gasteiger partial charge in [0.25, 0.3) is 0 Å². The van der Waals surface area contributed by atoms with E-state index in [0.29, 0.717) is 23.7 Å². The van der Waals surface area contributed by atoms with Gasteiger partial charge in [-0.1, -0.05) is 12.1 Å². The fraction of sp³-hybridized carbons (Fsp3) is 0.391. The number of rotatable bonds is 1. The molecule has 140 valence electrons. The second-order valence-electron chi connectivity index (χ2n) is 9.04. The van der Waals surface area contributed by atoms with Crippen molar-refractivity contribution in [2.45, 2.75) is 37.8 Å². The quantitative estimate of drug-likeness (QED) is 0.605. The number of hydrogen-bond donors (Lipinski definition) is 3. The van der Waals surface area contributed by atoms with Crippen LogP contribution in [0.5, 0.6) is 0 Å². The van der Waals surface area contributed by atoms with Crippen LogP contribution in [-0.2, 0) is 6.54 Å². The Morgan fingerprint density at radius 3 is 2.96 bits per heavy atom. The lowest BCUT2D eigenvalue weighted by molar-refractivity contribution is 0.248. The highest BCUT2D eigenvalue weighted by Gasteiger charge is 2.54. The van der Waals surface area contributed by atoms with Crippen LogP contribution in [0.25, 0.3) is 10.9 Å². The number of nitrogens with zero attached hydrogens (tertiary/aromatic N) is 2. The van der Waals surface area contributed by atoms with Crippen LogP contribution in [0.4, 0.5) is 5.69 Å².